The average Bonchev–Trinajstić information content (AvgIpc) is 3.72. The van der Waals surface area contributed by atoms with Gasteiger partial charge in [-0.3, -0.25) is 9.59 Å². The SMILES string of the molecule is COc1ccc(C2C(=C(O)c3ccc(S(=O)(=O)N4CCCC4)cc3)C(=O)C(=O)N2Cc2ccco2)cc1OC. The first-order chi connectivity index (χ1) is 18.8. The standard InChI is InChI=1S/C28H28N2O8S/c1-36-22-12-9-19(16-23(22)37-2)25-24(27(32)28(33)30(25)17-20-6-5-15-38-20)26(31)18-7-10-21(11-8-18)39(34,35)29-13-3-4-14-29/h5-12,15-16,25,31H,3-4,13-14,17H2,1-2H3. The molecule has 2 aromatic carbocycles. The molecular formula is C28H28N2O8S. The Morgan fingerprint density at radius 1 is 1.00 bits per heavy atom. The number of nitrogens with zero attached hydrogens (tertiary/aromatic N) is 2. The summed E-state index contributed by atoms with van der Waals surface area (Å²) >= 11 is 0. The van der Waals surface area contributed by atoms with Crippen molar-refractivity contribution >= 4 is 27.5 Å². The fourth-order valence-electron chi connectivity index (χ4n) is 5.00. The van der Waals surface area contributed by atoms with E-state index < -0.39 is 33.5 Å². The molecule has 204 valence electrons. The lowest BCUT2D eigenvalue weighted by atomic mass is 9.95. The molecule has 3 aromatic rings. The van der Waals surface area contributed by atoms with Crippen LogP contribution >= 0.6 is 0 Å². The highest BCUT2D eigenvalue weighted by Crippen LogP contribution is 2.42. The molecule has 2 aliphatic heterocycles. The molecule has 0 spiro atoms. The van der Waals surface area contributed by atoms with Gasteiger partial charge in [0.05, 0.1) is 43.5 Å². The molecule has 1 atom stereocenters. The summed E-state index contributed by atoms with van der Waals surface area (Å²) in [6, 6.07) is 13.0. The normalized spacial score (nSPS) is 19.5. The smallest absolute Gasteiger partial charge is 0.296 e. The molecular weight excluding hydrogens is 524 g/mol. The second-order valence-corrected chi connectivity index (χ2v) is 11.2. The average molecular weight is 553 g/mol. The minimum atomic E-state index is -3.66. The van der Waals surface area contributed by atoms with Crippen molar-refractivity contribution in [2.75, 3.05) is 27.3 Å². The van der Waals surface area contributed by atoms with E-state index in [0.717, 1.165) is 12.8 Å². The number of ketones is 1. The summed E-state index contributed by atoms with van der Waals surface area (Å²) in [6.07, 6.45) is 3.09. The fraction of sp³-hybridized carbons (Fsp3) is 0.286. The third kappa shape index (κ3) is 4.79. The number of rotatable bonds is 8. The second kappa shape index (κ2) is 10.6. The van der Waals surface area contributed by atoms with Gasteiger partial charge >= 0.3 is 0 Å². The predicted octanol–water partition coefficient (Wildman–Crippen LogP) is 3.70. The number of Topliss-reactive ketones (excluding diaryl/α,β-unsaturated/α-hetero) is 1. The van der Waals surface area contributed by atoms with Gasteiger partial charge in [-0.25, -0.2) is 8.42 Å². The molecule has 2 aliphatic rings. The topological polar surface area (TPSA) is 127 Å². The molecule has 1 unspecified atom stereocenters. The maximum atomic E-state index is 13.3. The summed E-state index contributed by atoms with van der Waals surface area (Å²) in [5, 5.41) is 11.4. The lowest BCUT2D eigenvalue weighted by molar-refractivity contribution is -0.140. The highest BCUT2D eigenvalue weighted by atomic mass is 32.2. The summed E-state index contributed by atoms with van der Waals surface area (Å²) in [5.74, 6) is -0.790. The highest BCUT2D eigenvalue weighted by molar-refractivity contribution is 7.89. The molecule has 1 amide bonds. The minimum Gasteiger partial charge on any atom is -0.507 e. The Hall–Kier alpha value is -4.09. The van der Waals surface area contributed by atoms with Crippen LogP contribution in [-0.4, -0.2) is 61.7 Å². The highest BCUT2D eigenvalue weighted by Gasteiger charge is 2.46. The quantitative estimate of drug-likeness (QED) is 0.255. The van der Waals surface area contributed by atoms with Crippen LogP contribution in [0.3, 0.4) is 0 Å². The summed E-state index contributed by atoms with van der Waals surface area (Å²) in [7, 11) is -0.690. The van der Waals surface area contributed by atoms with Crippen LogP contribution in [0.25, 0.3) is 5.76 Å². The van der Waals surface area contributed by atoms with Crippen molar-refractivity contribution < 1.29 is 37.0 Å². The van der Waals surface area contributed by atoms with Gasteiger partial charge in [0.2, 0.25) is 10.0 Å². The number of hydrogen-bond acceptors (Lipinski definition) is 8. The van der Waals surface area contributed by atoms with Gasteiger partial charge in [0.15, 0.2) is 11.5 Å². The number of ether oxygens (including phenoxy) is 2. The van der Waals surface area contributed by atoms with Gasteiger partial charge < -0.3 is 23.9 Å². The number of furan rings is 1. The van der Waals surface area contributed by atoms with Crippen LogP contribution in [0.2, 0.25) is 0 Å². The predicted molar refractivity (Wildman–Crippen MR) is 141 cm³/mol. The number of carbonyl (C=O) groups is 2. The van der Waals surface area contributed by atoms with Crippen LogP contribution in [0, 0.1) is 0 Å². The molecule has 1 N–H and O–H groups in total. The molecule has 5 rings (SSSR count). The number of carbonyl (C=O) groups excluding carboxylic acids is 2. The number of methoxy groups -OCH3 is 2. The van der Waals surface area contributed by atoms with Crippen molar-refractivity contribution in [2.45, 2.75) is 30.3 Å². The first-order valence-electron chi connectivity index (χ1n) is 12.4. The Bertz CT molecular complexity index is 1520. The summed E-state index contributed by atoms with van der Waals surface area (Å²) < 4.78 is 43.5. The van der Waals surface area contributed by atoms with Crippen molar-refractivity contribution in [3.63, 3.8) is 0 Å². The molecule has 2 saturated heterocycles. The number of amides is 1. The molecule has 10 nitrogen and oxygen atoms in total. The number of aliphatic hydroxyl groups excluding tert-OH is 1. The van der Waals surface area contributed by atoms with Gasteiger partial charge in [-0.05, 0) is 66.9 Å². The van der Waals surface area contributed by atoms with Crippen LogP contribution in [0.5, 0.6) is 11.5 Å². The zero-order valence-corrected chi connectivity index (χ0v) is 22.3. The molecule has 2 fully saturated rings. The number of hydrogen-bond donors (Lipinski definition) is 1. The maximum absolute atomic E-state index is 13.3. The minimum absolute atomic E-state index is 0.0135. The van der Waals surface area contributed by atoms with Crippen LogP contribution in [-0.2, 0) is 26.2 Å². The molecule has 0 aliphatic carbocycles. The van der Waals surface area contributed by atoms with E-state index in [0.29, 0.717) is 35.9 Å². The van der Waals surface area contributed by atoms with Crippen molar-refractivity contribution in [3.8, 4) is 11.5 Å². The van der Waals surface area contributed by atoms with E-state index in [9.17, 15) is 23.1 Å². The van der Waals surface area contributed by atoms with Gasteiger partial charge in [-0.15, -0.1) is 0 Å². The maximum Gasteiger partial charge on any atom is 0.296 e. The van der Waals surface area contributed by atoms with Crippen LogP contribution in [0.1, 0.15) is 35.8 Å². The van der Waals surface area contributed by atoms with E-state index >= 15 is 0 Å². The molecule has 0 bridgehead atoms. The molecule has 1 aromatic heterocycles. The Labute approximate surface area is 226 Å². The van der Waals surface area contributed by atoms with E-state index in [1.807, 2.05) is 0 Å². The van der Waals surface area contributed by atoms with E-state index in [4.69, 9.17) is 13.9 Å². The third-order valence-electron chi connectivity index (χ3n) is 7.00. The van der Waals surface area contributed by atoms with Gasteiger partial charge in [-0.2, -0.15) is 4.31 Å². The van der Waals surface area contributed by atoms with E-state index in [1.165, 1.54) is 54.0 Å². The molecule has 3 heterocycles. The summed E-state index contributed by atoms with van der Waals surface area (Å²) in [6.45, 7) is 0.920. The van der Waals surface area contributed by atoms with Gasteiger partial charge in [0.25, 0.3) is 11.7 Å². The Morgan fingerprint density at radius 3 is 2.31 bits per heavy atom. The van der Waals surface area contributed by atoms with Crippen LogP contribution in [0.4, 0.5) is 0 Å². The first kappa shape index (κ1) is 26.5. The molecule has 11 heteroatoms. The Balaban J connectivity index is 1.59. The number of aliphatic hydroxyl groups is 1. The van der Waals surface area contributed by atoms with Crippen molar-refractivity contribution in [2.24, 2.45) is 0 Å². The van der Waals surface area contributed by atoms with Gasteiger partial charge in [0, 0.05) is 18.7 Å². The Kier molecular flexibility index (Phi) is 7.19. The lowest BCUT2D eigenvalue weighted by Gasteiger charge is -2.25. The zero-order valence-electron chi connectivity index (χ0n) is 21.5. The van der Waals surface area contributed by atoms with Gasteiger partial charge in [-0.1, -0.05) is 6.07 Å². The third-order valence-corrected chi connectivity index (χ3v) is 8.91. The van der Waals surface area contributed by atoms with E-state index in [2.05, 4.69) is 0 Å². The van der Waals surface area contributed by atoms with Crippen molar-refractivity contribution in [1.29, 1.82) is 0 Å². The van der Waals surface area contributed by atoms with E-state index in [1.54, 1.807) is 30.3 Å². The fourth-order valence-corrected chi connectivity index (χ4v) is 6.52. The van der Waals surface area contributed by atoms with Gasteiger partial charge in [0.1, 0.15) is 11.5 Å². The number of likely N-dealkylation sites (tertiary alicyclic amines) is 1. The Morgan fingerprint density at radius 2 is 1.69 bits per heavy atom. The molecule has 39 heavy (non-hydrogen) atoms. The largest absolute Gasteiger partial charge is 0.507 e. The first-order valence-corrected chi connectivity index (χ1v) is 13.8. The zero-order chi connectivity index (χ0) is 27.7. The second-order valence-electron chi connectivity index (χ2n) is 9.26. The van der Waals surface area contributed by atoms with Crippen LogP contribution in [0.15, 0.2) is 75.7 Å². The monoisotopic (exact) mass is 552 g/mol. The number of sulfonamides is 1. The lowest BCUT2D eigenvalue weighted by Crippen LogP contribution is -2.29. The number of benzene rings is 2. The van der Waals surface area contributed by atoms with Crippen molar-refractivity contribution in [3.05, 3.63) is 83.3 Å². The van der Waals surface area contributed by atoms with E-state index in [-0.39, 0.29) is 22.6 Å². The summed E-state index contributed by atoms with van der Waals surface area (Å²) in [4.78, 5) is 28.0. The van der Waals surface area contributed by atoms with Crippen LogP contribution < -0.4 is 9.47 Å². The van der Waals surface area contributed by atoms with Crippen molar-refractivity contribution in [1.82, 2.24) is 9.21 Å². The molecule has 0 radical (unpaired) electrons. The summed E-state index contributed by atoms with van der Waals surface area (Å²) in [5.41, 5.74) is 0.582. The molecule has 0 saturated carbocycles.